The fraction of sp³-hybridized carbons (Fsp3) is 0.0204. The Labute approximate surface area is 701 Å². The van der Waals surface area contributed by atoms with E-state index in [4.69, 9.17) is 24.6 Å². The predicted octanol–water partition coefficient (Wildman–Crippen LogP) is 16.8. The Hall–Kier alpha value is -11.2. The van der Waals surface area contributed by atoms with Gasteiger partial charge in [0.15, 0.2) is 12.6 Å². The average Bonchev–Trinajstić information content (AvgIpc) is 0.836. The zero-order valence-corrected chi connectivity index (χ0v) is 69.8. The standard InChI is InChI=1S/4C18H15P.C13H11NO3.C7H5BrO2.C6H8BNO3.Pd/c4*1-4-10-16(11-5-1)19(17-12-6-2-7-13-17)18-14-8-3-9-15-18;1-17-13-11(3-2-6-14-13)9-4-5-10(8-15)12(16)7-9;8-6-2-1-5(4-9)7(10)3-6;1-11-6-5(7(9)10)3-2-4-8-6;/h4*1-15H;2-8,16H,1H3;1-4,10H;2-4,9-10H,1H3;. The molecule has 0 spiro atoms. The largest absolute Gasteiger partial charge is 0.507 e. The molecule has 0 aliphatic heterocycles. The van der Waals surface area contributed by atoms with Crippen molar-refractivity contribution in [2.75, 3.05) is 14.2 Å². The van der Waals surface area contributed by atoms with Crippen molar-refractivity contribution in [3.8, 4) is 34.4 Å². The summed E-state index contributed by atoms with van der Waals surface area (Å²) in [6.07, 6.45) is 4.37. The molecule has 0 saturated heterocycles. The van der Waals surface area contributed by atoms with Crippen LogP contribution in [0.1, 0.15) is 20.7 Å². The van der Waals surface area contributed by atoms with Crippen LogP contribution in [0.25, 0.3) is 11.1 Å². The van der Waals surface area contributed by atoms with E-state index in [9.17, 15) is 14.7 Å². The van der Waals surface area contributed by atoms with Gasteiger partial charge in [0.1, 0.15) is 11.5 Å². The van der Waals surface area contributed by atoms with Crippen LogP contribution in [0, 0.1) is 0 Å². The van der Waals surface area contributed by atoms with Crippen molar-refractivity contribution in [1.29, 1.82) is 0 Å². The van der Waals surface area contributed by atoms with E-state index >= 15 is 0 Å². The van der Waals surface area contributed by atoms with Crippen LogP contribution in [-0.2, 0) is 20.4 Å². The molecule has 0 saturated carbocycles. The minimum absolute atomic E-state index is 0. The summed E-state index contributed by atoms with van der Waals surface area (Å²) in [6, 6.07) is 146. The van der Waals surface area contributed by atoms with E-state index in [-0.39, 0.29) is 48.8 Å². The van der Waals surface area contributed by atoms with Crippen LogP contribution >= 0.6 is 47.6 Å². The predicted molar refractivity (Wildman–Crippen MR) is 486 cm³/mol. The number of rotatable bonds is 18. The number of hydrogen-bond donors (Lipinski definition) is 4. The number of carbonyl (C=O) groups is 2. The average molecular weight is 1740 g/mol. The number of nitrogens with zero attached hydrogens (tertiary/aromatic N) is 2. The number of aromatic nitrogens is 2. The zero-order valence-electron chi connectivity index (χ0n) is 63.1. The summed E-state index contributed by atoms with van der Waals surface area (Å²) >= 11 is 3.15. The van der Waals surface area contributed by atoms with E-state index < -0.39 is 38.8 Å². The first kappa shape index (κ1) is 87.7. The van der Waals surface area contributed by atoms with Crippen LogP contribution in [-0.4, -0.2) is 64.1 Å². The molecule has 0 unspecified atom stereocenters. The van der Waals surface area contributed by atoms with Gasteiger partial charge in [0.25, 0.3) is 0 Å². The van der Waals surface area contributed by atoms with Crippen molar-refractivity contribution >= 4 is 136 Å². The number of methoxy groups -OCH3 is 2. The number of carbonyl (C=O) groups excluding carboxylic acids is 2. The van der Waals surface area contributed by atoms with Crippen molar-refractivity contribution in [2.45, 2.75) is 0 Å². The van der Waals surface area contributed by atoms with Gasteiger partial charge in [-0.05, 0) is 149 Å². The molecule has 2 aromatic heterocycles. The van der Waals surface area contributed by atoms with Crippen LogP contribution in [0.3, 0.4) is 0 Å². The zero-order chi connectivity index (χ0) is 79.7. The molecule has 0 aliphatic carbocycles. The number of pyridine rings is 2. The SMILES string of the molecule is COc1ncccc1-c1ccc(C=O)c(O)c1.COc1ncccc1B(O)O.O=Cc1ccc(Br)cc1O.[Pd].c1ccc(P(c2ccccc2)c2ccccc2)cc1.c1ccc(P(c2ccccc2)c2ccccc2)cc1.c1ccc(P(c2ccccc2)c2ccccc2)cc1.c1ccc(P(c2ccccc2)c2ccccc2)cc1. The van der Waals surface area contributed by atoms with Crippen LogP contribution in [0.2, 0.25) is 0 Å². The Bertz CT molecular complexity index is 4580. The first-order chi connectivity index (χ1) is 56.0. The fourth-order valence-corrected chi connectivity index (χ4v) is 21.3. The number of hydrogen-bond acceptors (Lipinski definition) is 10. The third kappa shape index (κ3) is 27.0. The molecule has 4 N–H and O–H groups in total. The van der Waals surface area contributed by atoms with Gasteiger partial charge in [-0.3, -0.25) is 9.59 Å². The van der Waals surface area contributed by atoms with Crippen LogP contribution in [0.5, 0.6) is 23.3 Å². The molecule has 0 amide bonds. The van der Waals surface area contributed by atoms with Gasteiger partial charge >= 0.3 is 7.12 Å². The Balaban J connectivity index is 0.000000155. The van der Waals surface area contributed by atoms with Gasteiger partial charge in [-0.25, -0.2) is 9.97 Å². The number of aldehydes is 2. The van der Waals surface area contributed by atoms with E-state index in [1.807, 2.05) is 6.07 Å². The van der Waals surface area contributed by atoms with Gasteiger partial charge in [-0.1, -0.05) is 392 Å². The minimum atomic E-state index is -1.53. The second-order valence-corrected chi connectivity index (χ2v) is 34.4. The van der Waals surface area contributed by atoms with E-state index in [1.54, 1.807) is 42.6 Å². The molecule has 14 aromatic carbocycles. The molecule has 115 heavy (non-hydrogen) atoms. The summed E-state index contributed by atoms with van der Waals surface area (Å²) in [4.78, 5) is 28.6. The van der Waals surface area contributed by atoms with Crippen LogP contribution in [0.4, 0.5) is 0 Å². The second-order valence-electron chi connectivity index (χ2n) is 24.6. The number of benzene rings is 14. The molecule has 16 rings (SSSR count). The van der Waals surface area contributed by atoms with Gasteiger partial charge in [0, 0.05) is 48.3 Å². The van der Waals surface area contributed by atoms with Crippen molar-refractivity contribution in [2.24, 2.45) is 0 Å². The summed E-state index contributed by atoms with van der Waals surface area (Å²) < 4.78 is 10.7. The van der Waals surface area contributed by atoms with Gasteiger partial charge in [0.2, 0.25) is 11.8 Å². The van der Waals surface area contributed by atoms with Crippen LogP contribution < -0.4 is 78.6 Å². The number of halogens is 1. The van der Waals surface area contributed by atoms with E-state index in [0.717, 1.165) is 15.6 Å². The molecule has 10 nitrogen and oxygen atoms in total. The normalized spacial score (nSPS) is 10.2. The summed E-state index contributed by atoms with van der Waals surface area (Å²) in [5.41, 5.74) is 2.36. The quantitative estimate of drug-likeness (QED) is 0.0370. The number of phenols is 2. The number of aromatic hydroxyl groups is 2. The third-order valence-corrected chi connectivity index (χ3v) is 27.3. The van der Waals surface area contributed by atoms with Gasteiger partial charge < -0.3 is 29.7 Å². The van der Waals surface area contributed by atoms with E-state index in [2.05, 4.69) is 390 Å². The van der Waals surface area contributed by atoms with Crippen molar-refractivity contribution in [3.05, 3.63) is 453 Å². The first-order valence-electron chi connectivity index (χ1n) is 36.4. The van der Waals surface area contributed by atoms with Gasteiger partial charge in [-0.15, -0.1) is 0 Å². The summed E-state index contributed by atoms with van der Waals surface area (Å²) in [6.45, 7) is 0. The van der Waals surface area contributed by atoms with Crippen molar-refractivity contribution in [1.82, 2.24) is 9.97 Å². The van der Waals surface area contributed by atoms with Crippen LogP contribution in [0.15, 0.2) is 442 Å². The molecule has 0 bridgehead atoms. The molecule has 0 fully saturated rings. The van der Waals surface area contributed by atoms with Crippen molar-refractivity contribution < 1.29 is 59.7 Å². The Morgan fingerprint density at radius 3 is 0.730 bits per heavy atom. The molecular weight excluding hydrogens is 1650 g/mol. The summed E-state index contributed by atoms with van der Waals surface area (Å²) in [7, 11) is -0.355. The second kappa shape index (κ2) is 48.7. The summed E-state index contributed by atoms with van der Waals surface area (Å²) in [5.74, 6) is 0.668. The van der Waals surface area contributed by atoms with E-state index in [0.29, 0.717) is 24.0 Å². The maximum atomic E-state index is 10.6. The Morgan fingerprint density at radius 2 is 0.522 bits per heavy atom. The van der Waals surface area contributed by atoms with E-state index in [1.165, 1.54) is 102 Å². The fourth-order valence-electron chi connectivity index (χ4n) is 11.7. The maximum Gasteiger partial charge on any atom is 0.493 e. The Kier molecular flexibility index (Phi) is 37.2. The molecule has 574 valence electrons. The first-order valence-corrected chi connectivity index (χ1v) is 42.6. The Morgan fingerprint density at radius 1 is 0.296 bits per heavy atom. The molecule has 2 heterocycles. The van der Waals surface area contributed by atoms with Gasteiger partial charge in [-0.2, -0.15) is 0 Å². The number of ether oxygens (including phenoxy) is 2. The third-order valence-electron chi connectivity index (χ3n) is 17.0. The molecular formula is C98H84BBrN2O8P4Pd. The maximum absolute atomic E-state index is 10.6. The van der Waals surface area contributed by atoms with Gasteiger partial charge in [0.05, 0.1) is 25.3 Å². The smallest absolute Gasteiger partial charge is 0.493 e. The molecule has 0 aliphatic rings. The monoisotopic (exact) mass is 1740 g/mol. The topological polar surface area (TPSA) is 159 Å². The number of phenolic OH excluding ortho intramolecular Hbond substituents is 2. The molecule has 0 radical (unpaired) electrons. The summed E-state index contributed by atoms with van der Waals surface area (Å²) in [5, 5.41) is 53.0. The molecule has 0 atom stereocenters. The van der Waals surface area contributed by atoms with Crippen molar-refractivity contribution in [3.63, 3.8) is 0 Å². The molecule has 17 heteroatoms. The molecule has 16 aromatic rings. The minimum Gasteiger partial charge on any atom is -0.507 e.